The number of nitrogens with zero attached hydrogens (tertiary/aromatic N) is 2. The van der Waals surface area contributed by atoms with Crippen molar-refractivity contribution in [2.24, 2.45) is 0 Å². The van der Waals surface area contributed by atoms with Gasteiger partial charge in [0.15, 0.2) is 0 Å². The minimum absolute atomic E-state index is 0.0849. The second kappa shape index (κ2) is 7.62. The van der Waals surface area contributed by atoms with Gasteiger partial charge in [0, 0.05) is 18.2 Å². The highest BCUT2D eigenvalue weighted by Gasteiger charge is 2.16. The van der Waals surface area contributed by atoms with Crippen molar-refractivity contribution in [2.75, 3.05) is 7.11 Å². The summed E-state index contributed by atoms with van der Waals surface area (Å²) < 4.78 is 5.09. The Hall–Kier alpha value is -2.77. The molecule has 0 aliphatic rings. The molecular formula is C12H14N4O4. The number of carbonyl (C=O) groups is 1. The molecule has 0 aliphatic heterocycles. The molecule has 1 rings (SSSR count). The number of nitrogens with one attached hydrogen (secondary N) is 2. The molecule has 20 heavy (non-hydrogen) atoms. The molecule has 0 saturated heterocycles. The van der Waals surface area contributed by atoms with Crippen LogP contribution in [0.5, 0.6) is 5.88 Å². The predicted octanol–water partition coefficient (Wildman–Crippen LogP) is 1.08. The summed E-state index contributed by atoms with van der Waals surface area (Å²) in [7, 11) is 1.44. The SMILES string of the molecule is COc1ncccc1C(CC=O)N/C=C(\C=N)[N+](=O)[O-]. The molecule has 8 nitrogen and oxygen atoms in total. The molecule has 0 radical (unpaired) electrons. The fourth-order valence-electron chi connectivity index (χ4n) is 1.55. The average molecular weight is 278 g/mol. The Kier molecular flexibility index (Phi) is 5.82. The quantitative estimate of drug-likeness (QED) is 0.318. The topological polar surface area (TPSA) is 118 Å². The molecule has 1 aromatic rings. The van der Waals surface area contributed by atoms with Crippen LogP contribution in [0.4, 0.5) is 0 Å². The number of hydrogen-bond donors (Lipinski definition) is 2. The van der Waals surface area contributed by atoms with E-state index in [0.717, 1.165) is 6.20 Å². The zero-order chi connectivity index (χ0) is 15.0. The first-order valence-electron chi connectivity index (χ1n) is 5.67. The molecule has 106 valence electrons. The molecule has 0 aliphatic carbocycles. The van der Waals surface area contributed by atoms with Crippen LogP contribution in [0.1, 0.15) is 18.0 Å². The highest BCUT2D eigenvalue weighted by Crippen LogP contribution is 2.24. The summed E-state index contributed by atoms with van der Waals surface area (Å²) in [5.41, 5.74) is 0.190. The van der Waals surface area contributed by atoms with Crippen LogP contribution in [-0.2, 0) is 4.79 Å². The highest BCUT2D eigenvalue weighted by molar-refractivity contribution is 5.72. The second-order valence-corrected chi connectivity index (χ2v) is 3.69. The maximum absolute atomic E-state index is 10.7. The molecule has 0 spiro atoms. The largest absolute Gasteiger partial charge is 0.481 e. The lowest BCUT2D eigenvalue weighted by atomic mass is 10.1. The van der Waals surface area contributed by atoms with Gasteiger partial charge in [0.2, 0.25) is 5.88 Å². The molecular weight excluding hydrogens is 264 g/mol. The van der Waals surface area contributed by atoms with Gasteiger partial charge in [-0.2, -0.15) is 0 Å². The molecule has 0 bridgehead atoms. The van der Waals surface area contributed by atoms with Gasteiger partial charge >= 0.3 is 5.70 Å². The van der Waals surface area contributed by atoms with E-state index in [2.05, 4.69) is 10.3 Å². The minimum Gasteiger partial charge on any atom is -0.481 e. The number of ether oxygens (including phenoxy) is 1. The Labute approximate surface area is 115 Å². The van der Waals surface area contributed by atoms with Gasteiger partial charge in [-0.3, -0.25) is 10.1 Å². The monoisotopic (exact) mass is 278 g/mol. The van der Waals surface area contributed by atoms with Crippen molar-refractivity contribution in [3.8, 4) is 5.88 Å². The second-order valence-electron chi connectivity index (χ2n) is 3.69. The van der Waals surface area contributed by atoms with E-state index in [9.17, 15) is 14.9 Å². The number of pyridine rings is 1. The van der Waals surface area contributed by atoms with Gasteiger partial charge in [-0.05, 0) is 6.07 Å². The summed E-state index contributed by atoms with van der Waals surface area (Å²) in [5.74, 6) is 0.331. The van der Waals surface area contributed by atoms with E-state index in [-0.39, 0.29) is 6.42 Å². The zero-order valence-electron chi connectivity index (χ0n) is 10.8. The fraction of sp³-hybridized carbons (Fsp3) is 0.250. The van der Waals surface area contributed by atoms with Gasteiger partial charge in [-0.15, -0.1) is 0 Å². The van der Waals surface area contributed by atoms with Crippen molar-refractivity contribution in [1.82, 2.24) is 10.3 Å². The van der Waals surface area contributed by atoms with Crippen LogP contribution in [0.25, 0.3) is 0 Å². The summed E-state index contributed by atoms with van der Waals surface area (Å²) >= 11 is 0. The van der Waals surface area contributed by atoms with Crippen molar-refractivity contribution < 1.29 is 14.5 Å². The number of aldehydes is 1. The summed E-state index contributed by atoms with van der Waals surface area (Å²) in [6.45, 7) is 0. The maximum atomic E-state index is 10.7. The lowest BCUT2D eigenvalue weighted by Crippen LogP contribution is -2.19. The molecule has 0 amide bonds. The summed E-state index contributed by atoms with van der Waals surface area (Å²) in [5, 5.41) is 20.3. The lowest BCUT2D eigenvalue weighted by molar-refractivity contribution is -0.414. The average Bonchev–Trinajstić information content (AvgIpc) is 2.46. The van der Waals surface area contributed by atoms with Crippen LogP contribution in [0.15, 0.2) is 30.2 Å². The third-order valence-corrected chi connectivity index (χ3v) is 2.49. The van der Waals surface area contributed by atoms with Crippen LogP contribution in [0.3, 0.4) is 0 Å². The number of allylic oxidation sites excluding steroid dienone is 1. The Morgan fingerprint density at radius 2 is 2.45 bits per heavy atom. The van der Waals surface area contributed by atoms with Gasteiger partial charge in [0.05, 0.1) is 30.5 Å². The molecule has 1 atom stereocenters. The van der Waals surface area contributed by atoms with E-state index in [1.807, 2.05) is 0 Å². The number of aromatic nitrogens is 1. The first-order valence-corrected chi connectivity index (χ1v) is 5.67. The Morgan fingerprint density at radius 1 is 1.70 bits per heavy atom. The molecule has 1 heterocycles. The number of methoxy groups -OCH3 is 1. The number of carbonyl (C=O) groups excluding carboxylic acids is 1. The molecule has 1 aromatic heterocycles. The van der Waals surface area contributed by atoms with E-state index in [0.29, 0.717) is 23.9 Å². The standard InChI is InChI=1S/C12H14N4O4/c1-20-12-10(3-2-5-14-12)11(4-6-17)15-8-9(7-13)16(18)19/h2-3,5-8,11,13,15H,4H2,1H3/b9-8+,13-7?. The van der Waals surface area contributed by atoms with Crippen molar-refractivity contribution in [1.29, 1.82) is 5.41 Å². The van der Waals surface area contributed by atoms with E-state index in [4.69, 9.17) is 10.1 Å². The Balaban J connectivity index is 3.02. The molecule has 2 N–H and O–H groups in total. The normalized spacial score (nSPS) is 12.3. The van der Waals surface area contributed by atoms with E-state index >= 15 is 0 Å². The Bertz CT molecular complexity index is 530. The third kappa shape index (κ3) is 3.87. The van der Waals surface area contributed by atoms with Gasteiger partial charge < -0.3 is 20.3 Å². The third-order valence-electron chi connectivity index (χ3n) is 2.49. The molecule has 8 heteroatoms. The van der Waals surface area contributed by atoms with Crippen LogP contribution in [0.2, 0.25) is 0 Å². The van der Waals surface area contributed by atoms with Crippen molar-refractivity contribution >= 4 is 12.5 Å². The van der Waals surface area contributed by atoms with Crippen LogP contribution >= 0.6 is 0 Å². The summed E-state index contributed by atoms with van der Waals surface area (Å²) in [4.78, 5) is 24.6. The van der Waals surface area contributed by atoms with E-state index < -0.39 is 16.7 Å². The predicted molar refractivity (Wildman–Crippen MR) is 71.2 cm³/mol. The first-order chi connectivity index (χ1) is 9.63. The van der Waals surface area contributed by atoms with Gasteiger partial charge in [0.1, 0.15) is 6.29 Å². The lowest BCUT2D eigenvalue weighted by Gasteiger charge is -2.16. The molecule has 1 unspecified atom stereocenters. The van der Waals surface area contributed by atoms with Crippen LogP contribution in [0, 0.1) is 15.5 Å². The zero-order valence-corrected chi connectivity index (χ0v) is 10.8. The van der Waals surface area contributed by atoms with Gasteiger partial charge in [-0.25, -0.2) is 4.98 Å². The smallest absolute Gasteiger partial charge is 0.302 e. The first kappa shape index (κ1) is 15.3. The van der Waals surface area contributed by atoms with Crippen molar-refractivity contribution in [3.05, 3.63) is 45.9 Å². The van der Waals surface area contributed by atoms with Crippen LogP contribution < -0.4 is 10.1 Å². The number of hydrogen-bond acceptors (Lipinski definition) is 7. The van der Waals surface area contributed by atoms with Gasteiger partial charge in [-0.1, -0.05) is 6.07 Å². The minimum atomic E-state index is -0.696. The molecule has 0 aromatic carbocycles. The number of nitro groups is 1. The van der Waals surface area contributed by atoms with E-state index in [1.54, 1.807) is 12.1 Å². The highest BCUT2D eigenvalue weighted by atomic mass is 16.6. The van der Waals surface area contributed by atoms with Crippen molar-refractivity contribution in [3.63, 3.8) is 0 Å². The molecule has 0 fully saturated rings. The van der Waals surface area contributed by atoms with Crippen LogP contribution in [-0.4, -0.2) is 29.5 Å². The van der Waals surface area contributed by atoms with Gasteiger partial charge in [0.25, 0.3) is 0 Å². The number of rotatable bonds is 8. The maximum Gasteiger partial charge on any atom is 0.302 e. The molecule has 0 saturated carbocycles. The fourth-order valence-corrected chi connectivity index (χ4v) is 1.55. The Morgan fingerprint density at radius 3 is 3.00 bits per heavy atom. The summed E-state index contributed by atoms with van der Waals surface area (Å²) in [6, 6.07) is 2.86. The summed E-state index contributed by atoms with van der Waals surface area (Å²) in [6.07, 6.45) is 4.00. The van der Waals surface area contributed by atoms with Crippen molar-refractivity contribution in [2.45, 2.75) is 12.5 Å². The van der Waals surface area contributed by atoms with E-state index in [1.165, 1.54) is 13.3 Å².